The van der Waals surface area contributed by atoms with Gasteiger partial charge in [-0.25, -0.2) is 4.79 Å². The molecule has 160 valence electrons. The molecule has 0 aliphatic heterocycles. The summed E-state index contributed by atoms with van der Waals surface area (Å²) in [6.07, 6.45) is 24.6. The van der Waals surface area contributed by atoms with Crippen LogP contribution in [0.15, 0.2) is 12.2 Å². The van der Waals surface area contributed by atoms with Crippen LogP contribution in [0.3, 0.4) is 0 Å². The van der Waals surface area contributed by atoms with Crippen LogP contribution < -0.4 is 0 Å². The van der Waals surface area contributed by atoms with Crippen LogP contribution in [0.1, 0.15) is 136 Å². The fraction of sp³-hybridized carbons (Fsp3) is 0.880. The van der Waals surface area contributed by atoms with Crippen molar-refractivity contribution in [3.63, 3.8) is 0 Å². The van der Waals surface area contributed by atoms with Gasteiger partial charge in [0.05, 0.1) is 6.10 Å². The summed E-state index contributed by atoms with van der Waals surface area (Å²) < 4.78 is 5.30. The number of carbonyl (C=O) groups is 1. The van der Waals surface area contributed by atoms with E-state index in [9.17, 15) is 4.79 Å². The summed E-state index contributed by atoms with van der Waals surface area (Å²) >= 11 is 0. The third-order valence-electron chi connectivity index (χ3n) is 5.37. The van der Waals surface area contributed by atoms with Crippen LogP contribution in [0.5, 0.6) is 0 Å². The number of hydrogen-bond acceptors (Lipinski definition) is 2. The minimum Gasteiger partial charge on any atom is -0.459 e. The Morgan fingerprint density at radius 2 is 1.04 bits per heavy atom. The Morgan fingerprint density at radius 1 is 0.704 bits per heavy atom. The van der Waals surface area contributed by atoms with Crippen molar-refractivity contribution in [1.82, 2.24) is 0 Å². The van der Waals surface area contributed by atoms with Crippen LogP contribution in [0.2, 0.25) is 0 Å². The van der Waals surface area contributed by atoms with Gasteiger partial charge in [-0.3, -0.25) is 0 Å². The highest BCUT2D eigenvalue weighted by atomic mass is 16.5. The van der Waals surface area contributed by atoms with Crippen LogP contribution in [0.4, 0.5) is 0 Å². The van der Waals surface area contributed by atoms with Gasteiger partial charge in [0.1, 0.15) is 0 Å². The largest absolute Gasteiger partial charge is 0.459 e. The third-order valence-corrected chi connectivity index (χ3v) is 5.37. The molecule has 0 radical (unpaired) electrons. The zero-order valence-corrected chi connectivity index (χ0v) is 18.8. The fourth-order valence-electron chi connectivity index (χ4n) is 3.50. The van der Waals surface area contributed by atoms with Gasteiger partial charge in [-0.1, -0.05) is 116 Å². The van der Waals surface area contributed by atoms with E-state index in [1.165, 1.54) is 103 Å². The molecule has 0 rings (SSSR count). The van der Waals surface area contributed by atoms with Crippen LogP contribution in [-0.2, 0) is 9.53 Å². The first-order valence-corrected chi connectivity index (χ1v) is 11.9. The summed E-state index contributed by atoms with van der Waals surface area (Å²) in [6.45, 7) is 9.58. The lowest BCUT2D eigenvalue weighted by molar-refractivity contribution is -0.143. The van der Waals surface area contributed by atoms with E-state index in [-0.39, 0.29) is 12.1 Å². The van der Waals surface area contributed by atoms with Crippen molar-refractivity contribution in [3.05, 3.63) is 12.2 Å². The van der Waals surface area contributed by atoms with Gasteiger partial charge in [-0.15, -0.1) is 0 Å². The van der Waals surface area contributed by atoms with Crippen molar-refractivity contribution in [3.8, 4) is 0 Å². The topological polar surface area (TPSA) is 26.3 Å². The predicted octanol–water partition coefficient (Wildman–Crippen LogP) is 8.54. The third kappa shape index (κ3) is 19.8. The van der Waals surface area contributed by atoms with Crippen LogP contribution in [-0.4, -0.2) is 12.1 Å². The number of esters is 1. The lowest BCUT2D eigenvalue weighted by atomic mass is 10.0. The number of carbonyl (C=O) groups excluding carboxylic acids is 1. The van der Waals surface area contributed by atoms with E-state index in [1.54, 1.807) is 6.92 Å². The molecule has 0 saturated heterocycles. The van der Waals surface area contributed by atoms with Gasteiger partial charge >= 0.3 is 5.97 Å². The molecule has 1 atom stereocenters. The number of hydrogen-bond donors (Lipinski definition) is 0. The quantitative estimate of drug-likeness (QED) is 0.120. The molecule has 0 aromatic heterocycles. The molecular weight excluding hydrogens is 332 g/mol. The van der Waals surface area contributed by atoms with Gasteiger partial charge < -0.3 is 4.74 Å². The highest BCUT2D eigenvalue weighted by Gasteiger charge is 2.09. The standard InChI is InChI=1S/C25H48O2/c1-5-6-7-8-9-10-11-12-13-14-15-16-17-18-19-20-21-22-24(4)27-25(26)23(2)3/h24H,2,5-22H2,1,3-4H3. The molecule has 0 heterocycles. The molecule has 0 aliphatic carbocycles. The second-order valence-electron chi connectivity index (χ2n) is 8.44. The molecule has 2 nitrogen and oxygen atoms in total. The van der Waals surface area contributed by atoms with Crippen molar-refractivity contribution >= 4 is 5.97 Å². The lowest BCUT2D eigenvalue weighted by Gasteiger charge is -2.12. The highest BCUT2D eigenvalue weighted by Crippen LogP contribution is 2.15. The molecule has 0 spiro atoms. The van der Waals surface area contributed by atoms with Gasteiger partial charge in [-0.05, 0) is 26.7 Å². The molecule has 0 N–H and O–H groups in total. The van der Waals surface area contributed by atoms with Crippen LogP contribution in [0.25, 0.3) is 0 Å². The second-order valence-corrected chi connectivity index (χ2v) is 8.44. The molecule has 0 amide bonds. The molecule has 27 heavy (non-hydrogen) atoms. The monoisotopic (exact) mass is 380 g/mol. The van der Waals surface area contributed by atoms with Gasteiger partial charge in [0.15, 0.2) is 0 Å². The number of rotatable bonds is 20. The first-order chi connectivity index (χ1) is 13.1. The zero-order valence-electron chi connectivity index (χ0n) is 18.8. The summed E-state index contributed by atoms with van der Waals surface area (Å²) in [6, 6.07) is 0. The van der Waals surface area contributed by atoms with Gasteiger partial charge in [0.2, 0.25) is 0 Å². The van der Waals surface area contributed by atoms with E-state index >= 15 is 0 Å². The lowest BCUT2D eigenvalue weighted by Crippen LogP contribution is -2.15. The van der Waals surface area contributed by atoms with Gasteiger partial charge in [-0.2, -0.15) is 0 Å². The maximum Gasteiger partial charge on any atom is 0.333 e. The summed E-state index contributed by atoms with van der Waals surface area (Å²) in [5, 5.41) is 0. The summed E-state index contributed by atoms with van der Waals surface area (Å²) in [5.74, 6) is -0.255. The van der Waals surface area contributed by atoms with E-state index in [4.69, 9.17) is 4.74 Å². The molecule has 1 unspecified atom stereocenters. The first kappa shape index (κ1) is 26.2. The van der Waals surface area contributed by atoms with Crippen molar-refractivity contribution in [1.29, 1.82) is 0 Å². The van der Waals surface area contributed by atoms with E-state index in [0.717, 1.165) is 12.8 Å². The Hall–Kier alpha value is -0.790. The molecule has 0 fully saturated rings. The molecule has 0 aromatic rings. The van der Waals surface area contributed by atoms with Crippen molar-refractivity contribution in [2.24, 2.45) is 0 Å². The predicted molar refractivity (Wildman–Crippen MR) is 119 cm³/mol. The Morgan fingerprint density at radius 3 is 1.37 bits per heavy atom. The maximum atomic E-state index is 11.4. The minimum atomic E-state index is -0.255. The van der Waals surface area contributed by atoms with Crippen molar-refractivity contribution in [2.45, 2.75) is 142 Å². The van der Waals surface area contributed by atoms with E-state index in [1.807, 2.05) is 6.92 Å². The van der Waals surface area contributed by atoms with Crippen molar-refractivity contribution < 1.29 is 9.53 Å². The maximum absolute atomic E-state index is 11.4. The van der Waals surface area contributed by atoms with Gasteiger partial charge in [0.25, 0.3) is 0 Å². The Balaban J connectivity index is 3.17. The Bertz CT molecular complexity index is 348. The summed E-state index contributed by atoms with van der Waals surface area (Å²) in [7, 11) is 0. The fourth-order valence-corrected chi connectivity index (χ4v) is 3.50. The number of unbranched alkanes of at least 4 members (excludes halogenated alkanes) is 16. The molecule has 2 heteroatoms. The van der Waals surface area contributed by atoms with Crippen LogP contribution in [0, 0.1) is 0 Å². The summed E-state index contributed by atoms with van der Waals surface area (Å²) in [4.78, 5) is 11.4. The Kier molecular flexibility index (Phi) is 19.4. The highest BCUT2D eigenvalue weighted by molar-refractivity contribution is 5.87. The van der Waals surface area contributed by atoms with E-state index < -0.39 is 0 Å². The second kappa shape index (κ2) is 20.0. The average molecular weight is 381 g/mol. The van der Waals surface area contributed by atoms with E-state index in [2.05, 4.69) is 13.5 Å². The summed E-state index contributed by atoms with van der Waals surface area (Å²) in [5.41, 5.74) is 0.490. The van der Waals surface area contributed by atoms with Crippen LogP contribution >= 0.6 is 0 Å². The number of ether oxygens (including phenoxy) is 1. The molecule has 0 bridgehead atoms. The van der Waals surface area contributed by atoms with E-state index in [0.29, 0.717) is 5.57 Å². The Labute approximate surface area is 170 Å². The van der Waals surface area contributed by atoms with Gasteiger partial charge in [0, 0.05) is 5.57 Å². The smallest absolute Gasteiger partial charge is 0.333 e. The SMILES string of the molecule is C=C(C)C(=O)OC(C)CCCCCCCCCCCCCCCCCCC. The van der Waals surface area contributed by atoms with Crippen molar-refractivity contribution in [2.75, 3.05) is 0 Å². The zero-order chi connectivity index (χ0) is 20.2. The molecular formula is C25H48O2. The normalized spacial score (nSPS) is 12.1. The minimum absolute atomic E-state index is 0.0190. The molecule has 0 aliphatic rings. The average Bonchev–Trinajstić information content (AvgIpc) is 2.64. The first-order valence-electron chi connectivity index (χ1n) is 11.9. The molecule has 0 saturated carbocycles. The molecule has 0 aromatic carbocycles.